The van der Waals surface area contributed by atoms with Crippen molar-refractivity contribution in [3.8, 4) is 0 Å². The first-order valence-corrected chi connectivity index (χ1v) is 7.68. The Labute approximate surface area is 110 Å². The Morgan fingerprint density at radius 1 is 1.24 bits per heavy atom. The first-order chi connectivity index (χ1) is 8.20. The van der Waals surface area contributed by atoms with Gasteiger partial charge in [-0.1, -0.05) is 44.5 Å². The molecule has 0 aliphatic rings. The van der Waals surface area contributed by atoms with Gasteiger partial charge in [0.15, 0.2) is 0 Å². The first-order valence-electron chi connectivity index (χ1n) is 6.63. The lowest BCUT2D eigenvalue weighted by Gasteiger charge is -2.24. The molecular weight excluding hydrogens is 226 g/mol. The molecule has 96 valence electrons. The summed E-state index contributed by atoms with van der Waals surface area (Å²) in [5.41, 5.74) is 9.07. The quantitative estimate of drug-likeness (QED) is 0.731. The minimum Gasteiger partial charge on any atom is -0.326 e. The fourth-order valence-electron chi connectivity index (χ4n) is 1.92. The van der Waals surface area contributed by atoms with Crippen molar-refractivity contribution in [3.63, 3.8) is 0 Å². The second kappa shape index (κ2) is 7.78. The molecule has 0 saturated carbocycles. The van der Waals surface area contributed by atoms with Gasteiger partial charge >= 0.3 is 0 Å². The summed E-state index contributed by atoms with van der Waals surface area (Å²) in [6.45, 7) is 6.60. The summed E-state index contributed by atoms with van der Waals surface area (Å²) < 4.78 is 0. The van der Waals surface area contributed by atoms with Gasteiger partial charge in [0.2, 0.25) is 0 Å². The SMILES string of the molecule is CCCCSC(c1ccccc1C)C(N)CC. The summed E-state index contributed by atoms with van der Waals surface area (Å²) in [6.07, 6.45) is 3.58. The van der Waals surface area contributed by atoms with Gasteiger partial charge in [0, 0.05) is 11.3 Å². The Morgan fingerprint density at radius 2 is 1.94 bits per heavy atom. The summed E-state index contributed by atoms with van der Waals surface area (Å²) in [7, 11) is 0. The lowest BCUT2D eigenvalue weighted by Crippen LogP contribution is -2.26. The molecule has 0 aromatic heterocycles. The molecule has 0 bridgehead atoms. The number of hydrogen-bond acceptors (Lipinski definition) is 2. The summed E-state index contributed by atoms with van der Waals surface area (Å²) in [6, 6.07) is 8.90. The molecule has 17 heavy (non-hydrogen) atoms. The third-order valence-electron chi connectivity index (χ3n) is 3.15. The highest BCUT2D eigenvalue weighted by Crippen LogP contribution is 2.34. The lowest BCUT2D eigenvalue weighted by molar-refractivity contribution is 0.631. The first kappa shape index (κ1) is 14.6. The molecule has 1 aromatic rings. The third-order valence-corrected chi connectivity index (χ3v) is 4.64. The van der Waals surface area contributed by atoms with Gasteiger partial charge in [-0.2, -0.15) is 11.8 Å². The lowest BCUT2D eigenvalue weighted by atomic mass is 10.00. The maximum Gasteiger partial charge on any atom is 0.0450 e. The van der Waals surface area contributed by atoms with Crippen molar-refractivity contribution < 1.29 is 0 Å². The number of aryl methyl sites for hydroxylation is 1. The van der Waals surface area contributed by atoms with Gasteiger partial charge in [-0.25, -0.2) is 0 Å². The molecule has 0 amide bonds. The van der Waals surface area contributed by atoms with Crippen LogP contribution < -0.4 is 5.73 Å². The zero-order chi connectivity index (χ0) is 12.7. The molecule has 0 aliphatic heterocycles. The van der Waals surface area contributed by atoms with Crippen LogP contribution in [0.3, 0.4) is 0 Å². The predicted molar refractivity (Wildman–Crippen MR) is 79.6 cm³/mol. The smallest absolute Gasteiger partial charge is 0.0450 e. The van der Waals surface area contributed by atoms with Crippen molar-refractivity contribution in [2.45, 2.75) is 51.3 Å². The second-order valence-corrected chi connectivity index (χ2v) is 5.82. The number of rotatable bonds is 7. The van der Waals surface area contributed by atoms with Crippen LogP contribution >= 0.6 is 11.8 Å². The highest BCUT2D eigenvalue weighted by molar-refractivity contribution is 7.99. The molecule has 0 fully saturated rings. The van der Waals surface area contributed by atoms with E-state index in [1.165, 1.54) is 29.7 Å². The highest BCUT2D eigenvalue weighted by atomic mass is 32.2. The van der Waals surface area contributed by atoms with E-state index in [4.69, 9.17) is 5.73 Å². The third kappa shape index (κ3) is 4.36. The maximum absolute atomic E-state index is 6.28. The van der Waals surface area contributed by atoms with Gasteiger partial charge in [0.25, 0.3) is 0 Å². The Hall–Kier alpha value is -0.470. The molecule has 2 atom stereocenters. The van der Waals surface area contributed by atoms with E-state index in [-0.39, 0.29) is 6.04 Å². The zero-order valence-corrected chi connectivity index (χ0v) is 12.1. The van der Waals surface area contributed by atoms with Crippen molar-refractivity contribution >= 4 is 11.8 Å². The van der Waals surface area contributed by atoms with E-state index >= 15 is 0 Å². The van der Waals surface area contributed by atoms with Gasteiger partial charge in [-0.3, -0.25) is 0 Å². The van der Waals surface area contributed by atoms with Crippen LogP contribution in [-0.4, -0.2) is 11.8 Å². The Bertz CT molecular complexity index is 324. The van der Waals surface area contributed by atoms with E-state index in [9.17, 15) is 0 Å². The minimum atomic E-state index is 0.262. The predicted octanol–water partition coefficient (Wildman–Crippen LogP) is 4.31. The molecular formula is C15H25NS. The molecule has 2 N–H and O–H groups in total. The number of benzene rings is 1. The van der Waals surface area contributed by atoms with Crippen molar-refractivity contribution in [3.05, 3.63) is 35.4 Å². The van der Waals surface area contributed by atoms with Gasteiger partial charge < -0.3 is 5.73 Å². The maximum atomic E-state index is 6.28. The Kier molecular flexibility index (Phi) is 6.68. The monoisotopic (exact) mass is 251 g/mol. The van der Waals surface area contributed by atoms with E-state index in [2.05, 4.69) is 45.0 Å². The number of unbranched alkanes of at least 4 members (excludes halogenated alkanes) is 1. The molecule has 0 spiro atoms. The molecule has 0 aliphatic carbocycles. The van der Waals surface area contributed by atoms with E-state index in [1.54, 1.807) is 0 Å². The zero-order valence-electron chi connectivity index (χ0n) is 11.3. The van der Waals surface area contributed by atoms with Crippen LogP contribution in [0.15, 0.2) is 24.3 Å². The molecule has 1 nitrogen and oxygen atoms in total. The minimum absolute atomic E-state index is 0.262. The highest BCUT2D eigenvalue weighted by Gasteiger charge is 2.19. The van der Waals surface area contributed by atoms with Gasteiger partial charge in [-0.05, 0) is 36.6 Å². The average molecular weight is 251 g/mol. The normalized spacial score (nSPS) is 14.6. The van der Waals surface area contributed by atoms with E-state index in [0.29, 0.717) is 5.25 Å². The van der Waals surface area contributed by atoms with Gasteiger partial charge in [-0.15, -0.1) is 0 Å². The molecule has 1 rings (SSSR count). The van der Waals surface area contributed by atoms with Crippen molar-refractivity contribution in [1.29, 1.82) is 0 Å². The van der Waals surface area contributed by atoms with Gasteiger partial charge in [0.1, 0.15) is 0 Å². The van der Waals surface area contributed by atoms with Gasteiger partial charge in [0.05, 0.1) is 0 Å². The fourth-order valence-corrected chi connectivity index (χ4v) is 3.51. The van der Waals surface area contributed by atoms with Crippen LogP contribution in [0.2, 0.25) is 0 Å². The molecule has 0 radical (unpaired) electrons. The number of nitrogens with two attached hydrogens (primary N) is 1. The van der Waals surface area contributed by atoms with Crippen molar-refractivity contribution in [2.75, 3.05) is 5.75 Å². The van der Waals surface area contributed by atoms with Crippen LogP contribution in [0.25, 0.3) is 0 Å². The van der Waals surface area contributed by atoms with Crippen LogP contribution in [0, 0.1) is 6.92 Å². The summed E-state index contributed by atoms with van der Waals surface area (Å²) >= 11 is 2.02. The second-order valence-electron chi connectivity index (χ2n) is 4.57. The summed E-state index contributed by atoms with van der Waals surface area (Å²) in [5, 5.41) is 0.452. The van der Waals surface area contributed by atoms with Crippen LogP contribution in [0.5, 0.6) is 0 Å². The van der Waals surface area contributed by atoms with Crippen molar-refractivity contribution in [2.24, 2.45) is 5.73 Å². The number of thioether (sulfide) groups is 1. The molecule has 2 heteroatoms. The van der Waals surface area contributed by atoms with E-state index in [1.807, 2.05) is 11.8 Å². The van der Waals surface area contributed by atoms with Crippen LogP contribution in [-0.2, 0) is 0 Å². The Morgan fingerprint density at radius 3 is 2.53 bits per heavy atom. The van der Waals surface area contributed by atoms with E-state index in [0.717, 1.165) is 6.42 Å². The number of hydrogen-bond donors (Lipinski definition) is 1. The topological polar surface area (TPSA) is 26.0 Å². The molecule has 1 aromatic carbocycles. The Balaban J connectivity index is 2.79. The fraction of sp³-hybridized carbons (Fsp3) is 0.600. The largest absolute Gasteiger partial charge is 0.326 e. The average Bonchev–Trinajstić information content (AvgIpc) is 2.35. The molecule has 0 heterocycles. The summed E-state index contributed by atoms with van der Waals surface area (Å²) in [4.78, 5) is 0. The molecule has 0 saturated heterocycles. The van der Waals surface area contributed by atoms with Crippen molar-refractivity contribution in [1.82, 2.24) is 0 Å². The van der Waals surface area contributed by atoms with Crippen LogP contribution in [0.1, 0.15) is 49.5 Å². The summed E-state index contributed by atoms with van der Waals surface area (Å²) in [5.74, 6) is 1.21. The van der Waals surface area contributed by atoms with E-state index < -0.39 is 0 Å². The van der Waals surface area contributed by atoms with Crippen LogP contribution in [0.4, 0.5) is 0 Å². The molecule has 2 unspecified atom stereocenters. The standard InChI is InChI=1S/C15H25NS/c1-4-6-11-17-15(14(16)5-2)13-10-8-7-9-12(13)3/h7-10,14-15H,4-6,11,16H2,1-3H3.